The van der Waals surface area contributed by atoms with Gasteiger partial charge in [0, 0.05) is 14.5 Å². The van der Waals surface area contributed by atoms with E-state index in [0.29, 0.717) is 5.69 Å². The second-order valence-corrected chi connectivity index (χ2v) is 6.64. The predicted molar refractivity (Wildman–Crippen MR) is 95.9 cm³/mol. The van der Waals surface area contributed by atoms with Crippen LogP contribution < -0.4 is 5.32 Å². The summed E-state index contributed by atoms with van der Waals surface area (Å²) in [5, 5.41) is 26.5. The van der Waals surface area contributed by atoms with E-state index in [-0.39, 0.29) is 17.5 Å². The van der Waals surface area contributed by atoms with Gasteiger partial charge in [-0.2, -0.15) is 0 Å². The molecule has 1 aliphatic heterocycles. The number of nitrogens with zero attached hydrogens (tertiary/aromatic N) is 3. The highest BCUT2D eigenvalue weighted by atomic mass is 127. The number of hydrogen-bond acceptors (Lipinski definition) is 4. The van der Waals surface area contributed by atoms with Crippen molar-refractivity contribution in [1.29, 1.82) is 0 Å². The first-order valence-corrected chi connectivity index (χ1v) is 8.28. The van der Waals surface area contributed by atoms with Crippen LogP contribution in [0.4, 0.5) is 5.69 Å². The Labute approximate surface area is 146 Å². The van der Waals surface area contributed by atoms with Crippen molar-refractivity contribution in [3.8, 4) is 11.5 Å². The molecule has 6 nitrogen and oxygen atoms in total. The summed E-state index contributed by atoms with van der Waals surface area (Å²) in [6, 6.07) is 9.12. The van der Waals surface area contributed by atoms with E-state index in [9.17, 15) is 10.2 Å². The van der Waals surface area contributed by atoms with Gasteiger partial charge in [0.25, 0.3) is 0 Å². The molecule has 0 spiro atoms. The van der Waals surface area contributed by atoms with Crippen molar-refractivity contribution in [3.63, 3.8) is 0 Å². The van der Waals surface area contributed by atoms with Crippen LogP contribution in [0.25, 0.3) is 10.4 Å². The number of phenols is 2. The molecule has 1 aliphatic rings. The Balaban J connectivity index is 1.89. The summed E-state index contributed by atoms with van der Waals surface area (Å²) >= 11 is 2.15. The number of halogens is 1. The van der Waals surface area contributed by atoms with Gasteiger partial charge in [-0.3, -0.25) is 0 Å². The Morgan fingerprint density at radius 1 is 1.26 bits per heavy atom. The lowest BCUT2D eigenvalue weighted by atomic mass is 9.90. The van der Waals surface area contributed by atoms with Crippen molar-refractivity contribution in [2.24, 2.45) is 5.11 Å². The molecule has 0 bridgehead atoms. The van der Waals surface area contributed by atoms with E-state index in [0.717, 1.165) is 39.6 Å². The Morgan fingerprint density at radius 2 is 2.04 bits per heavy atom. The molecule has 0 radical (unpaired) electrons. The van der Waals surface area contributed by atoms with E-state index in [1.54, 1.807) is 12.1 Å². The van der Waals surface area contributed by atoms with Crippen molar-refractivity contribution in [3.05, 3.63) is 61.0 Å². The van der Waals surface area contributed by atoms with E-state index in [4.69, 9.17) is 5.53 Å². The average molecular weight is 422 g/mol. The molecule has 3 N–H and O–H groups in total. The zero-order valence-electron chi connectivity index (χ0n) is 12.2. The molecule has 23 heavy (non-hydrogen) atoms. The fraction of sp³-hybridized carbons (Fsp3) is 0.250. The second kappa shape index (κ2) is 6.66. The van der Waals surface area contributed by atoms with Gasteiger partial charge in [-0.05, 0) is 82.4 Å². The third kappa shape index (κ3) is 3.36. The molecule has 0 saturated carbocycles. The molecular weight excluding hydrogens is 407 g/mol. The smallest absolute Gasteiger partial charge is 0.157 e. The molecule has 7 heteroatoms. The molecule has 0 aromatic heterocycles. The highest BCUT2D eigenvalue weighted by molar-refractivity contribution is 14.1. The van der Waals surface area contributed by atoms with Crippen LogP contribution in [0, 0.1) is 3.57 Å². The molecule has 3 rings (SSSR count). The van der Waals surface area contributed by atoms with Gasteiger partial charge >= 0.3 is 0 Å². The summed E-state index contributed by atoms with van der Waals surface area (Å²) < 4.78 is 0.905. The molecule has 1 unspecified atom stereocenters. The van der Waals surface area contributed by atoms with Gasteiger partial charge in [0.2, 0.25) is 0 Å². The molecular formula is C16H15IN4O2. The van der Waals surface area contributed by atoms with Crippen LogP contribution in [0.5, 0.6) is 11.5 Å². The number of benzene rings is 2. The Bertz CT molecular complexity index is 803. The molecule has 0 aliphatic carbocycles. The normalized spacial score (nSPS) is 16.5. The van der Waals surface area contributed by atoms with E-state index in [2.05, 4.69) is 37.9 Å². The van der Waals surface area contributed by atoms with E-state index in [1.807, 2.05) is 18.2 Å². The van der Waals surface area contributed by atoms with Crippen LogP contribution >= 0.6 is 22.6 Å². The van der Waals surface area contributed by atoms with Gasteiger partial charge in [-0.15, -0.1) is 0 Å². The summed E-state index contributed by atoms with van der Waals surface area (Å²) in [4.78, 5) is 2.82. The number of azide groups is 1. The summed E-state index contributed by atoms with van der Waals surface area (Å²) in [6.45, 7) is 0.829. The molecule has 2 aromatic rings. The summed E-state index contributed by atoms with van der Waals surface area (Å²) in [6.07, 6.45) is 1.58. The number of nitrogens with one attached hydrogen (secondary N) is 1. The van der Waals surface area contributed by atoms with Crippen LogP contribution in [0.2, 0.25) is 0 Å². The third-order valence-corrected chi connectivity index (χ3v) is 4.87. The number of fused-ring (bicyclic) bond motifs is 1. The summed E-state index contributed by atoms with van der Waals surface area (Å²) in [5.74, 6) is -0.164. The first-order chi connectivity index (χ1) is 11.1. The molecule has 1 atom stereocenters. The van der Waals surface area contributed by atoms with Crippen LogP contribution in [0.1, 0.15) is 22.7 Å². The SMILES string of the molecule is [N-]=[N+]=Nc1ccc(CC2NCCc3cc(O)c(O)cc32)cc1I. The minimum atomic E-state index is -0.0919. The fourth-order valence-corrected chi connectivity index (χ4v) is 3.58. The van der Waals surface area contributed by atoms with Crippen LogP contribution in [-0.4, -0.2) is 16.8 Å². The van der Waals surface area contributed by atoms with Crippen molar-refractivity contribution >= 4 is 28.3 Å². The zero-order valence-corrected chi connectivity index (χ0v) is 14.4. The fourth-order valence-electron chi connectivity index (χ4n) is 2.89. The number of phenolic OH excluding ortho intramolecular Hbond substituents is 2. The highest BCUT2D eigenvalue weighted by Crippen LogP contribution is 2.35. The standard InChI is InChI=1S/C16H15IN4O2/c17-12-5-9(1-2-13(12)20-21-18)6-14-11-8-16(23)15(22)7-10(11)3-4-19-14/h1-2,5,7-8,14,19,22-23H,3-4,6H2. The largest absolute Gasteiger partial charge is 0.504 e. The van der Waals surface area contributed by atoms with Gasteiger partial charge in [-0.1, -0.05) is 17.2 Å². The van der Waals surface area contributed by atoms with Crippen LogP contribution in [-0.2, 0) is 12.8 Å². The van der Waals surface area contributed by atoms with Gasteiger partial charge < -0.3 is 15.5 Å². The maximum atomic E-state index is 9.77. The monoisotopic (exact) mass is 422 g/mol. The first-order valence-electron chi connectivity index (χ1n) is 7.20. The lowest BCUT2D eigenvalue weighted by molar-refractivity contribution is 0.398. The lowest BCUT2D eigenvalue weighted by Crippen LogP contribution is -2.31. The minimum Gasteiger partial charge on any atom is -0.504 e. The van der Waals surface area contributed by atoms with Crippen molar-refractivity contribution in [1.82, 2.24) is 5.32 Å². The van der Waals surface area contributed by atoms with Gasteiger partial charge in [0.1, 0.15) is 0 Å². The number of aromatic hydroxyl groups is 2. The molecule has 2 aromatic carbocycles. The summed E-state index contributed by atoms with van der Waals surface area (Å²) in [7, 11) is 0. The maximum absolute atomic E-state index is 9.77. The van der Waals surface area contributed by atoms with Gasteiger partial charge in [-0.25, -0.2) is 0 Å². The average Bonchev–Trinajstić information content (AvgIpc) is 2.52. The maximum Gasteiger partial charge on any atom is 0.157 e. The molecule has 0 saturated heterocycles. The van der Waals surface area contributed by atoms with Crippen LogP contribution in [0.3, 0.4) is 0 Å². The topological polar surface area (TPSA) is 101 Å². The van der Waals surface area contributed by atoms with Gasteiger partial charge in [0.15, 0.2) is 11.5 Å². The number of rotatable bonds is 3. The second-order valence-electron chi connectivity index (χ2n) is 5.48. The van der Waals surface area contributed by atoms with Crippen LogP contribution in [0.15, 0.2) is 35.4 Å². The first kappa shape index (κ1) is 15.9. The van der Waals surface area contributed by atoms with E-state index >= 15 is 0 Å². The predicted octanol–water partition coefficient (Wildman–Crippen LogP) is 4.07. The zero-order chi connectivity index (χ0) is 16.4. The number of hydrogen-bond donors (Lipinski definition) is 3. The van der Waals surface area contributed by atoms with Gasteiger partial charge in [0.05, 0.1) is 5.69 Å². The Morgan fingerprint density at radius 3 is 2.78 bits per heavy atom. The lowest BCUT2D eigenvalue weighted by Gasteiger charge is -2.27. The van der Waals surface area contributed by atoms with Crippen molar-refractivity contribution in [2.75, 3.05) is 6.54 Å². The van der Waals surface area contributed by atoms with E-state index in [1.165, 1.54) is 0 Å². The molecule has 1 heterocycles. The molecule has 0 amide bonds. The van der Waals surface area contributed by atoms with E-state index < -0.39 is 0 Å². The van der Waals surface area contributed by atoms with Crippen molar-refractivity contribution < 1.29 is 10.2 Å². The molecule has 0 fully saturated rings. The Hall–Kier alpha value is -1.96. The molecule has 118 valence electrons. The van der Waals surface area contributed by atoms with Crippen molar-refractivity contribution in [2.45, 2.75) is 18.9 Å². The quantitative estimate of drug-likeness (QED) is 0.229. The Kier molecular flexibility index (Phi) is 4.61. The third-order valence-electron chi connectivity index (χ3n) is 4.00. The highest BCUT2D eigenvalue weighted by Gasteiger charge is 2.22. The summed E-state index contributed by atoms with van der Waals surface area (Å²) in [5.41, 5.74) is 12.3. The minimum absolute atomic E-state index is 0.0716.